The van der Waals surface area contributed by atoms with Crippen LogP contribution in [-0.4, -0.2) is 32.7 Å². The highest BCUT2D eigenvalue weighted by Gasteiger charge is 2.20. The van der Waals surface area contributed by atoms with Crippen molar-refractivity contribution in [3.05, 3.63) is 60.9 Å². The lowest BCUT2D eigenvalue weighted by Gasteiger charge is -2.28. The van der Waals surface area contributed by atoms with Gasteiger partial charge in [-0.25, -0.2) is 0 Å². The lowest BCUT2D eigenvalue weighted by Crippen LogP contribution is -2.26. The molecule has 0 fully saturated rings. The summed E-state index contributed by atoms with van der Waals surface area (Å²) in [4.78, 5) is 2.06. The van der Waals surface area contributed by atoms with Crippen molar-refractivity contribution in [1.82, 2.24) is 4.90 Å². The summed E-state index contributed by atoms with van der Waals surface area (Å²) in [5.41, 5.74) is 0.922. The van der Waals surface area contributed by atoms with E-state index in [1.165, 1.54) is 0 Å². The average molecular weight is 364 g/mol. The third-order valence-corrected chi connectivity index (χ3v) is 3.18. The van der Waals surface area contributed by atoms with E-state index in [0.717, 1.165) is 12.1 Å². The van der Waals surface area contributed by atoms with E-state index in [0.29, 0.717) is 17.3 Å². The van der Waals surface area contributed by atoms with E-state index in [2.05, 4.69) is 24.1 Å². The van der Waals surface area contributed by atoms with Crippen LogP contribution in [0.1, 0.15) is 46.4 Å². The number of nitrogens with zero attached hydrogens (tertiary/aromatic N) is 1. The van der Waals surface area contributed by atoms with Crippen molar-refractivity contribution in [1.29, 1.82) is 0 Å². The van der Waals surface area contributed by atoms with Crippen molar-refractivity contribution in [2.75, 3.05) is 27.8 Å². The minimum absolute atomic E-state index is 0.314. The summed E-state index contributed by atoms with van der Waals surface area (Å²) in [5.74, 6) is 1.94. The number of hydrogen-bond donors (Lipinski definition) is 0. The first-order valence-corrected chi connectivity index (χ1v) is 9.08. The fourth-order valence-electron chi connectivity index (χ4n) is 1.94. The van der Waals surface area contributed by atoms with Gasteiger partial charge in [-0.3, -0.25) is 4.90 Å². The maximum Gasteiger partial charge on any atom is 0.179 e. The first-order valence-electron chi connectivity index (χ1n) is 9.08. The van der Waals surface area contributed by atoms with Gasteiger partial charge in [0.25, 0.3) is 0 Å². The van der Waals surface area contributed by atoms with Gasteiger partial charge in [0.2, 0.25) is 0 Å². The number of hydrogen-bond acceptors (Lipinski definition) is 4. The van der Waals surface area contributed by atoms with Gasteiger partial charge in [0, 0.05) is 18.2 Å². The molecule has 1 aromatic carbocycles. The Morgan fingerprint density at radius 3 is 1.96 bits per heavy atom. The van der Waals surface area contributed by atoms with Crippen LogP contribution in [-0.2, 0) is 4.74 Å². The first-order chi connectivity index (χ1) is 12.5. The Balaban J connectivity index is 0. The van der Waals surface area contributed by atoms with Crippen LogP contribution in [0.15, 0.2) is 55.3 Å². The smallest absolute Gasteiger partial charge is 0.179 e. The Morgan fingerprint density at radius 1 is 1.08 bits per heavy atom. The van der Waals surface area contributed by atoms with E-state index < -0.39 is 0 Å². The molecule has 0 amide bonds. The monoisotopic (exact) mass is 363 g/mol. The summed E-state index contributed by atoms with van der Waals surface area (Å²) in [6.45, 7) is 18.3. The Morgan fingerprint density at radius 2 is 1.58 bits per heavy atom. The number of benzene rings is 1. The lowest BCUT2D eigenvalue weighted by atomic mass is 10.1. The van der Waals surface area contributed by atoms with Crippen molar-refractivity contribution >= 4 is 0 Å². The molecule has 148 valence electrons. The van der Waals surface area contributed by atoms with E-state index in [1.54, 1.807) is 20.3 Å². The van der Waals surface area contributed by atoms with Crippen LogP contribution in [0.25, 0.3) is 0 Å². The van der Waals surface area contributed by atoms with Crippen LogP contribution < -0.4 is 9.47 Å². The van der Waals surface area contributed by atoms with E-state index in [1.807, 2.05) is 65.9 Å². The maximum atomic E-state index is 5.91. The topological polar surface area (TPSA) is 30.9 Å². The zero-order chi connectivity index (χ0) is 20.5. The van der Waals surface area contributed by atoms with Gasteiger partial charge in [-0.2, -0.15) is 0 Å². The molecule has 26 heavy (non-hydrogen) atoms. The molecule has 4 nitrogen and oxygen atoms in total. The summed E-state index contributed by atoms with van der Waals surface area (Å²) >= 11 is 0. The van der Waals surface area contributed by atoms with Gasteiger partial charge < -0.3 is 14.2 Å². The quantitative estimate of drug-likeness (QED) is 0.234. The molecular formula is C22H37NO3. The van der Waals surface area contributed by atoms with Crippen LogP contribution in [0.4, 0.5) is 0 Å². The Labute approximate surface area is 160 Å². The first kappa shape index (κ1) is 26.0. The van der Waals surface area contributed by atoms with Gasteiger partial charge >= 0.3 is 0 Å². The van der Waals surface area contributed by atoms with Crippen LogP contribution in [0.3, 0.4) is 0 Å². The van der Waals surface area contributed by atoms with E-state index in [4.69, 9.17) is 14.2 Å². The Bertz CT molecular complexity index is 516. The fourth-order valence-corrected chi connectivity index (χ4v) is 1.94. The SMILES string of the molecule is C=CC(=C)OC(c1cc(OC)cc(OC)c1)N(C)C/C=C\C.CC.CC. The fraction of sp³-hybridized carbons (Fsp3) is 0.455. The average Bonchev–Trinajstić information content (AvgIpc) is 2.72. The highest BCUT2D eigenvalue weighted by molar-refractivity contribution is 5.39. The van der Waals surface area contributed by atoms with Gasteiger partial charge in [-0.1, -0.05) is 53.0 Å². The van der Waals surface area contributed by atoms with Gasteiger partial charge in [0.15, 0.2) is 6.23 Å². The molecule has 0 saturated heterocycles. The predicted molar refractivity (Wildman–Crippen MR) is 113 cm³/mol. The standard InChI is InChI=1S/C18H25NO3.2C2H6/c1-7-9-10-19(4)18(22-14(3)8-2)15-11-16(20-5)13-17(12-15)21-6;2*1-2/h7-9,11-13,18H,2-3,10H2,1,4-6H3;2*1-2H3/b9-7-;;. The molecule has 0 aromatic heterocycles. The molecule has 4 heteroatoms. The summed E-state index contributed by atoms with van der Waals surface area (Å²) < 4.78 is 16.6. The number of likely N-dealkylation sites (N-methyl/N-ethyl adjacent to an activating group) is 1. The molecule has 0 saturated carbocycles. The van der Waals surface area contributed by atoms with Gasteiger partial charge in [0.1, 0.15) is 17.3 Å². The molecule has 1 rings (SSSR count). The minimum atomic E-state index is -0.314. The largest absolute Gasteiger partial charge is 0.497 e. The number of ether oxygens (including phenoxy) is 3. The molecule has 0 bridgehead atoms. The van der Waals surface area contributed by atoms with E-state index in [-0.39, 0.29) is 6.23 Å². The molecule has 0 radical (unpaired) electrons. The highest BCUT2D eigenvalue weighted by atomic mass is 16.5. The Kier molecular flexibility index (Phi) is 16.3. The molecule has 0 heterocycles. The van der Waals surface area contributed by atoms with Crippen molar-refractivity contribution in [2.24, 2.45) is 0 Å². The molecule has 1 unspecified atom stereocenters. The molecule has 1 atom stereocenters. The zero-order valence-corrected chi connectivity index (χ0v) is 17.8. The van der Waals surface area contributed by atoms with Crippen LogP contribution in [0.2, 0.25) is 0 Å². The Hall–Kier alpha value is -2.20. The second kappa shape index (κ2) is 16.3. The van der Waals surface area contributed by atoms with Crippen molar-refractivity contribution < 1.29 is 14.2 Å². The van der Waals surface area contributed by atoms with E-state index in [9.17, 15) is 0 Å². The lowest BCUT2D eigenvalue weighted by molar-refractivity contribution is 0.00196. The molecular weight excluding hydrogens is 326 g/mol. The number of methoxy groups -OCH3 is 2. The maximum absolute atomic E-state index is 5.91. The summed E-state index contributed by atoms with van der Waals surface area (Å²) in [7, 11) is 5.23. The molecule has 1 aromatic rings. The molecule has 0 aliphatic rings. The number of rotatable bonds is 9. The molecule has 0 aliphatic carbocycles. The molecule has 0 aliphatic heterocycles. The van der Waals surface area contributed by atoms with Crippen LogP contribution in [0, 0.1) is 0 Å². The third-order valence-electron chi connectivity index (χ3n) is 3.18. The molecule has 0 spiro atoms. The predicted octanol–water partition coefficient (Wildman–Crippen LogP) is 5.98. The van der Waals surface area contributed by atoms with Crippen LogP contribution >= 0.6 is 0 Å². The normalized spacial score (nSPS) is 10.8. The highest BCUT2D eigenvalue weighted by Crippen LogP contribution is 2.31. The zero-order valence-electron chi connectivity index (χ0n) is 17.8. The van der Waals surface area contributed by atoms with E-state index >= 15 is 0 Å². The molecule has 0 N–H and O–H groups in total. The third kappa shape index (κ3) is 9.33. The summed E-state index contributed by atoms with van der Waals surface area (Å²) in [6, 6.07) is 5.68. The van der Waals surface area contributed by atoms with Gasteiger partial charge in [0.05, 0.1) is 14.2 Å². The number of allylic oxidation sites excluding steroid dienone is 2. The van der Waals surface area contributed by atoms with Gasteiger partial charge in [-0.15, -0.1) is 0 Å². The minimum Gasteiger partial charge on any atom is -0.497 e. The van der Waals surface area contributed by atoms with Gasteiger partial charge in [-0.05, 0) is 32.2 Å². The second-order valence-corrected chi connectivity index (χ2v) is 4.80. The van der Waals surface area contributed by atoms with Crippen molar-refractivity contribution in [3.8, 4) is 11.5 Å². The van der Waals surface area contributed by atoms with Crippen molar-refractivity contribution in [2.45, 2.75) is 40.8 Å². The second-order valence-electron chi connectivity index (χ2n) is 4.80. The van der Waals surface area contributed by atoms with Crippen molar-refractivity contribution in [3.63, 3.8) is 0 Å². The summed E-state index contributed by atoms with van der Waals surface area (Å²) in [5, 5.41) is 0. The van der Waals surface area contributed by atoms with Crippen LogP contribution in [0.5, 0.6) is 11.5 Å². The summed E-state index contributed by atoms with van der Waals surface area (Å²) in [6.07, 6.45) is 5.34.